The minimum atomic E-state index is -3.96. The molecule has 0 aliphatic carbocycles. The van der Waals surface area contributed by atoms with E-state index < -0.39 is 15.7 Å². The van der Waals surface area contributed by atoms with Gasteiger partial charge < -0.3 is 0 Å². The van der Waals surface area contributed by atoms with Crippen molar-refractivity contribution in [1.29, 1.82) is 0 Å². The molecule has 0 aliphatic heterocycles. The molecule has 0 aromatic carbocycles. The third-order valence-electron chi connectivity index (χ3n) is 1.47. The zero-order chi connectivity index (χ0) is 9.99. The summed E-state index contributed by atoms with van der Waals surface area (Å²) in [4.78, 5) is 0. The average Bonchev–Trinajstić information content (AvgIpc) is 1.80. The Morgan fingerprint density at radius 3 is 2.17 bits per heavy atom. The lowest BCUT2D eigenvalue weighted by molar-refractivity contribution is 0.270. The summed E-state index contributed by atoms with van der Waals surface area (Å²) in [7, 11) is -3.96. The quantitative estimate of drug-likeness (QED) is 0.564. The van der Waals surface area contributed by atoms with Gasteiger partial charge in [0.15, 0.2) is 0 Å². The van der Waals surface area contributed by atoms with Gasteiger partial charge in [0.2, 0.25) is 0 Å². The van der Waals surface area contributed by atoms with E-state index in [0.29, 0.717) is 6.54 Å². The number of hydrogen-bond donors (Lipinski definition) is 1. The van der Waals surface area contributed by atoms with Crippen molar-refractivity contribution in [2.75, 3.05) is 12.3 Å². The normalized spacial score (nSPS) is 13.8. The SMILES string of the molecule is CCN(Cl)C(C)(C)CS(=O)(=O)O. The second-order valence-electron chi connectivity index (χ2n) is 3.22. The van der Waals surface area contributed by atoms with Gasteiger partial charge >= 0.3 is 0 Å². The predicted octanol–water partition coefficient (Wildman–Crippen LogP) is 1.13. The van der Waals surface area contributed by atoms with Crippen LogP contribution < -0.4 is 0 Å². The molecule has 0 heterocycles. The fourth-order valence-corrected chi connectivity index (χ4v) is 2.12. The molecule has 4 nitrogen and oxygen atoms in total. The maximum absolute atomic E-state index is 10.5. The Hall–Kier alpha value is 0.160. The van der Waals surface area contributed by atoms with E-state index in [2.05, 4.69) is 0 Å². The minimum absolute atomic E-state index is 0.364. The highest BCUT2D eigenvalue weighted by Crippen LogP contribution is 2.18. The summed E-state index contributed by atoms with van der Waals surface area (Å²) in [6.45, 7) is 5.62. The largest absolute Gasteiger partial charge is 0.285 e. The molecule has 0 aromatic heterocycles. The van der Waals surface area contributed by atoms with E-state index in [-0.39, 0.29) is 5.75 Å². The van der Waals surface area contributed by atoms with Crippen LogP contribution in [0.25, 0.3) is 0 Å². The third kappa shape index (κ3) is 4.25. The van der Waals surface area contributed by atoms with Crippen LogP contribution in [-0.4, -0.2) is 35.2 Å². The van der Waals surface area contributed by atoms with Crippen LogP contribution in [0.3, 0.4) is 0 Å². The first kappa shape index (κ1) is 12.2. The lowest BCUT2D eigenvalue weighted by atomic mass is 10.1. The first-order chi connectivity index (χ1) is 5.19. The zero-order valence-corrected chi connectivity index (χ0v) is 8.98. The van der Waals surface area contributed by atoms with Gasteiger partial charge in [0.1, 0.15) is 0 Å². The van der Waals surface area contributed by atoms with Crippen LogP contribution in [-0.2, 0) is 10.1 Å². The van der Waals surface area contributed by atoms with Crippen LogP contribution in [0, 0.1) is 0 Å². The molecular formula is C6H14ClNO3S. The first-order valence-electron chi connectivity index (χ1n) is 3.57. The molecule has 0 radical (unpaired) electrons. The molecule has 74 valence electrons. The van der Waals surface area contributed by atoms with Crippen molar-refractivity contribution in [3.05, 3.63) is 0 Å². The lowest BCUT2D eigenvalue weighted by Gasteiger charge is -2.30. The summed E-state index contributed by atoms with van der Waals surface area (Å²) in [6.07, 6.45) is 0. The molecule has 0 saturated carbocycles. The highest BCUT2D eigenvalue weighted by atomic mass is 35.5. The molecule has 6 heteroatoms. The second-order valence-corrected chi connectivity index (χ2v) is 5.08. The number of hydrogen-bond acceptors (Lipinski definition) is 3. The van der Waals surface area contributed by atoms with Gasteiger partial charge in [-0.1, -0.05) is 6.92 Å². The van der Waals surface area contributed by atoms with Gasteiger partial charge in [0.25, 0.3) is 10.1 Å². The van der Waals surface area contributed by atoms with E-state index in [1.54, 1.807) is 20.8 Å². The van der Waals surface area contributed by atoms with Gasteiger partial charge in [-0.2, -0.15) is 8.42 Å². The van der Waals surface area contributed by atoms with Crippen molar-refractivity contribution in [2.45, 2.75) is 26.3 Å². The Morgan fingerprint density at radius 2 is 1.92 bits per heavy atom. The summed E-state index contributed by atoms with van der Waals surface area (Å²) in [6, 6.07) is 0. The van der Waals surface area contributed by atoms with Gasteiger partial charge in [-0.15, -0.1) is 0 Å². The van der Waals surface area contributed by atoms with Crippen molar-refractivity contribution >= 4 is 21.9 Å². The molecule has 0 rings (SSSR count). The van der Waals surface area contributed by atoms with E-state index in [1.165, 1.54) is 4.42 Å². The van der Waals surface area contributed by atoms with Crippen molar-refractivity contribution in [3.63, 3.8) is 0 Å². The van der Waals surface area contributed by atoms with Crippen molar-refractivity contribution in [2.24, 2.45) is 0 Å². The van der Waals surface area contributed by atoms with Gasteiger partial charge in [-0.3, -0.25) is 4.55 Å². The number of halogens is 1. The van der Waals surface area contributed by atoms with Crippen molar-refractivity contribution in [1.82, 2.24) is 4.42 Å². The minimum Gasteiger partial charge on any atom is -0.285 e. The molecule has 0 fully saturated rings. The van der Waals surface area contributed by atoms with Gasteiger partial charge in [-0.05, 0) is 25.6 Å². The maximum atomic E-state index is 10.5. The van der Waals surface area contributed by atoms with Crippen LogP contribution in [0.4, 0.5) is 0 Å². The first-order valence-corrected chi connectivity index (χ1v) is 5.52. The number of rotatable bonds is 4. The van der Waals surface area contributed by atoms with Gasteiger partial charge in [0, 0.05) is 12.1 Å². The van der Waals surface area contributed by atoms with Crippen LogP contribution in [0.1, 0.15) is 20.8 Å². The molecule has 0 unspecified atom stereocenters. The third-order valence-corrected chi connectivity index (χ3v) is 3.24. The Morgan fingerprint density at radius 1 is 1.50 bits per heavy atom. The maximum Gasteiger partial charge on any atom is 0.266 e. The molecule has 1 N–H and O–H groups in total. The van der Waals surface area contributed by atoms with Gasteiger partial charge in [-0.25, -0.2) is 4.42 Å². The number of nitrogens with zero attached hydrogens (tertiary/aromatic N) is 1. The van der Waals surface area contributed by atoms with E-state index in [1.807, 2.05) is 0 Å². The smallest absolute Gasteiger partial charge is 0.266 e. The average molecular weight is 216 g/mol. The summed E-state index contributed by atoms with van der Waals surface area (Å²) in [5.74, 6) is -0.364. The van der Waals surface area contributed by atoms with E-state index in [4.69, 9.17) is 16.3 Å². The summed E-state index contributed by atoms with van der Waals surface area (Å²) < 4.78 is 31.0. The topological polar surface area (TPSA) is 57.6 Å². The second kappa shape index (κ2) is 3.91. The van der Waals surface area contributed by atoms with Crippen LogP contribution in [0.5, 0.6) is 0 Å². The van der Waals surface area contributed by atoms with Crippen molar-refractivity contribution < 1.29 is 13.0 Å². The van der Waals surface area contributed by atoms with E-state index in [0.717, 1.165) is 0 Å². The van der Waals surface area contributed by atoms with Gasteiger partial charge in [0.05, 0.1) is 5.75 Å². The fraction of sp³-hybridized carbons (Fsp3) is 1.00. The van der Waals surface area contributed by atoms with Crippen molar-refractivity contribution in [3.8, 4) is 0 Å². The highest BCUT2D eigenvalue weighted by Gasteiger charge is 2.29. The monoisotopic (exact) mass is 215 g/mol. The Balaban J connectivity index is 4.43. The Kier molecular flexibility index (Phi) is 3.96. The molecule has 0 spiro atoms. The molecular weight excluding hydrogens is 202 g/mol. The molecule has 0 atom stereocenters. The standard InChI is InChI=1S/C6H14ClNO3S/c1-4-8(7)6(2,3)5-12(9,10)11/h4-5H2,1-3H3,(H,9,10,11). The van der Waals surface area contributed by atoms with E-state index >= 15 is 0 Å². The predicted molar refractivity (Wildman–Crippen MR) is 48.7 cm³/mol. The van der Waals surface area contributed by atoms with Crippen LogP contribution in [0.15, 0.2) is 0 Å². The summed E-state index contributed by atoms with van der Waals surface area (Å²) >= 11 is 5.72. The molecule has 12 heavy (non-hydrogen) atoms. The fourth-order valence-electron chi connectivity index (χ4n) is 0.944. The molecule has 0 saturated heterocycles. The van der Waals surface area contributed by atoms with E-state index in [9.17, 15) is 8.42 Å². The van der Waals surface area contributed by atoms with Crippen LogP contribution in [0.2, 0.25) is 0 Å². The highest BCUT2D eigenvalue weighted by molar-refractivity contribution is 7.85. The summed E-state index contributed by atoms with van der Waals surface area (Å²) in [5.41, 5.74) is -0.746. The lowest BCUT2D eigenvalue weighted by Crippen LogP contribution is -2.43. The summed E-state index contributed by atoms with van der Waals surface area (Å²) in [5, 5.41) is 0. The molecule has 0 aliphatic rings. The van der Waals surface area contributed by atoms with Crippen LogP contribution >= 0.6 is 11.8 Å². The Bertz CT molecular complexity index is 237. The molecule has 0 bridgehead atoms. The molecule has 0 aromatic rings. The zero-order valence-electron chi connectivity index (χ0n) is 7.41. The Labute approximate surface area is 78.4 Å². The molecule has 0 amide bonds.